The maximum absolute atomic E-state index is 9.90. The molecule has 0 aliphatic carbocycles. The number of aromatic nitrogens is 4. The van der Waals surface area contributed by atoms with Gasteiger partial charge in [-0.3, -0.25) is 0 Å². The molecular formula is C26H28N6O3. The summed E-state index contributed by atoms with van der Waals surface area (Å²) in [5, 5.41) is 13.3. The maximum atomic E-state index is 9.90. The van der Waals surface area contributed by atoms with E-state index in [9.17, 15) is 5.11 Å². The highest BCUT2D eigenvalue weighted by atomic mass is 16.5. The molecule has 2 aliphatic heterocycles. The lowest BCUT2D eigenvalue weighted by atomic mass is 10.1. The van der Waals surface area contributed by atoms with Crippen LogP contribution in [0.25, 0.3) is 16.9 Å². The fourth-order valence-corrected chi connectivity index (χ4v) is 4.63. The van der Waals surface area contributed by atoms with E-state index in [1.165, 1.54) is 0 Å². The molecule has 0 radical (unpaired) electrons. The Kier molecular flexibility index (Phi) is 5.71. The van der Waals surface area contributed by atoms with E-state index in [0.717, 1.165) is 65.7 Å². The molecule has 9 nitrogen and oxygen atoms in total. The first-order chi connectivity index (χ1) is 17.1. The standard InChI is InChI=1S/C26H28N6O3/c1-17(33)23-16-31(10-12-34-23)21-6-4-20(5-7-21)29-24-25-27-8-9-32(25)15-22(30-24)19-13-18-3-2-11-35-26(18)28-14-19/h4-9,13-15,17,23,33H,2-3,10-12,16H2,1H3,(H,29,30)/t17-,23+/m0/s1. The minimum atomic E-state index is -0.494. The topological polar surface area (TPSA) is 97.0 Å². The van der Waals surface area contributed by atoms with Gasteiger partial charge in [0.1, 0.15) is 6.10 Å². The molecular weight excluding hydrogens is 444 g/mol. The van der Waals surface area contributed by atoms with Gasteiger partial charge in [-0.25, -0.2) is 15.0 Å². The number of aliphatic hydroxyl groups excluding tert-OH is 1. The van der Waals surface area contributed by atoms with Crippen LogP contribution in [-0.4, -0.2) is 63.0 Å². The molecule has 0 bridgehead atoms. The summed E-state index contributed by atoms with van der Waals surface area (Å²) in [6.07, 6.45) is 8.77. The number of hydrogen-bond acceptors (Lipinski definition) is 8. The molecule has 180 valence electrons. The van der Waals surface area contributed by atoms with Crippen molar-refractivity contribution in [1.82, 2.24) is 19.4 Å². The molecule has 35 heavy (non-hydrogen) atoms. The zero-order valence-electron chi connectivity index (χ0n) is 19.6. The van der Waals surface area contributed by atoms with Crippen LogP contribution in [0, 0.1) is 0 Å². The minimum absolute atomic E-state index is 0.174. The Bertz CT molecular complexity index is 1340. The quantitative estimate of drug-likeness (QED) is 0.456. The van der Waals surface area contributed by atoms with Crippen molar-refractivity contribution >= 4 is 22.8 Å². The van der Waals surface area contributed by atoms with Gasteiger partial charge in [0.05, 0.1) is 25.0 Å². The van der Waals surface area contributed by atoms with Gasteiger partial charge in [0.2, 0.25) is 5.88 Å². The molecule has 2 N–H and O–H groups in total. The number of rotatable bonds is 5. The third kappa shape index (κ3) is 4.40. The fraction of sp³-hybridized carbons (Fsp3) is 0.346. The largest absolute Gasteiger partial charge is 0.477 e. The molecule has 1 saturated heterocycles. The summed E-state index contributed by atoms with van der Waals surface area (Å²) in [4.78, 5) is 16.1. The summed E-state index contributed by atoms with van der Waals surface area (Å²) in [5.41, 5.74) is 5.64. The van der Waals surface area contributed by atoms with Crippen molar-refractivity contribution in [2.24, 2.45) is 0 Å². The Morgan fingerprint density at radius 1 is 1.17 bits per heavy atom. The third-order valence-corrected chi connectivity index (χ3v) is 6.55. The second-order valence-corrected chi connectivity index (χ2v) is 9.04. The number of imidazole rings is 1. The first-order valence-corrected chi connectivity index (χ1v) is 12.0. The monoisotopic (exact) mass is 472 g/mol. The molecule has 4 aromatic rings. The number of nitrogens with one attached hydrogen (secondary N) is 1. The number of anilines is 3. The van der Waals surface area contributed by atoms with Crippen molar-refractivity contribution in [2.45, 2.75) is 32.0 Å². The van der Waals surface area contributed by atoms with E-state index >= 15 is 0 Å². The molecule has 2 atom stereocenters. The van der Waals surface area contributed by atoms with Crippen LogP contribution in [0.15, 0.2) is 55.1 Å². The normalized spacial score (nSPS) is 18.7. The number of aryl methyl sites for hydroxylation is 1. The van der Waals surface area contributed by atoms with Gasteiger partial charge in [-0.05, 0) is 50.1 Å². The Morgan fingerprint density at radius 3 is 2.91 bits per heavy atom. The number of morpholine rings is 1. The zero-order chi connectivity index (χ0) is 23.8. The van der Waals surface area contributed by atoms with E-state index in [1.807, 2.05) is 35.1 Å². The van der Waals surface area contributed by atoms with Crippen molar-refractivity contribution in [3.05, 3.63) is 60.7 Å². The molecule has 3 aromatic heterocycles. The Balaban J connectivity index is 1.26. The molecule has 1 fully saturated rings. The van der Waals surface area contributed by atoms with Gasteiger partial charge in [-0.2, -0.15) is 0 Å². The molecule has 0 unspecified atom stereocenters. The molecule has 2 aliphatic rings. The predicted molar refractivity (Wildman–Crippen MR) is 133 cm³/mol. The molecule has 0 spiro atoms. The third-order valence-electron chi connectivity index (χ3n) is 6.55. The fourth-order valence-electron chi connectivity index (χ4n) is 4.63. The molecule has 6 rings (SSSR count). The Hall–Kier alpha value is -3.69. The average Bonchev–Trinajstić information content (AvgIpc) is 3.38. The highest BCUT2D eigenvalue weighted by molar-refractivity contribution is 5.74. The highest BCUT2D eigenvalue weighted by Gasteiger charge is 2.24. The highest BCUT2D eigenvalue weighted by Crippen LogP contribution is 2.30. The zero-order valence-corrected chi connectivity index (χ0v) is 19.6. The van der Waals surface area contributed by atoms with E-state index < -0.39 is 6.10 Å². The number of hydrogen-bond donors (Lipinski definition) is 2. The van der Waals surface area contributed by atoms with E-state index in [-0.39, 0.29) is 6.10 Å². The van der Waals surface area contributed by atoms with Crippen LogP contribution in [0.2, 0.25) is 0 Å². The van der Waals surface area contributed by atoms with Crippen molar-refractivity contribution < 1.29 is 14.6 Å². The van der Waals surface area contributed by atoms with Crippen molar-refractivity contribution in [3.63, 3.8) is 0 Å². The van der Waals surface area contributed by atoms with Gasteiger partial charge in [0, 0.05) is 60.4 Å². The SMILES string of the molecule is C[C@H](O)[C@H]1CN(c2ccc(Nc3nc(-c4cnc5c(c4)CCCO5)cn4ccnc34)cc2)CCO1. The number of nitrogens with zero attached hydrogens (tertiary/aromatic N) is 5. The summed E-state index contributed by atoms with van der Waals surface area (Å²) in [7, 11) is 0. The lowest BCUT2D eigenvalue weighted by molar-refractivity contribution is -0.0364. The van der Waals surface area contributed by atoms with Crippen LogP contribution < -0.4 is 15.0 Å². The van der Waals surface area contributed by atoms with Crippen molar-refractivity contribution in [3.8, 4) is 17.1 Å². The average molecular weight is 473 g/mol. The summed E-state index contributed by atoms with van der Waals surface area (Å²) in [6.45, 7) is 4.56. The van der Waals surface area contributed by atoms with Crippen molar-refractivity contribution in [1.29, 1.82) is 0 Å². The predicted octanol–water partition coefficient (Wildman–Crippen LogP) is 3.45. The van der Waals surface area contributed by atoms with E-state index in [0.29, 0.717) is 19.0 Å². The maximum Gasteiger partial charge on any atom is 0.216 e. The van der Waals surface area contributed by atoms with Crippen LogP contribution >= 0.6 is 0 Å². The smallest absolute Gasteiger partial charge is 0.216 e. The number of pyridine rings is 1. The molecule has 0 amide bonds. The van der Waals surface area contributed by atoms with Crippen LogP contribution in [0.1, 0.15) is 18.9 Å². The van der Waals surface area contributed by atoms with Gasteiger partial charge in [0.25, 0.3) is 0 Å². The number of ether oxygens (including phenoxy) is 2. The second kappa shape index (κ2) is 9.16. The van der Waals surface area contributed by atoms with Crippen LogP contribution in [0.4, 0.5) is 17.2 Å². The number of benzene rings is 1. The number of fused-ring (bicyclic) bond motifs is 2. The van der Waals surface area contributed by atoms with Gasteiger partial charge in [-0.1, -0.05) is 0 Å². The summed E-state index contributed by atoms with van der Waals surface area (Å²) < 4.78 is 13.3. The second-order valence-electron chi connectivity index (χ2n) is 9.04. The van der Waals surface area contributed by atoms with Gasteiger partial charge >= 0.3 is 0 Å². The molecule has 1 aromatic carbocycles. The van der Waals surface area contributed by atoms with Crippen LogP contribution in [0.3, 0.4) is 0 Å². The van der Waals surface area contributed by atoms with Gasteiger partial charge in [-0.15, -0.1) is 0 Å². The van der Waals surface area contributed by atoms with Gasteiger partial charge < -0.3 is 29.2 Å². The molecule has 0 saturated carbocycles. The van der Waals surface area contributed by atoms with E-state index in [2.05, 4.69) is 38.4 Å². The van der Waals surface area contributed by atoms with E-state index in [1.54, 1.807) is 13.1 Å². The lowest BCUT2D eigenvalue weighted by Gasteiger charge is -2.35. The Labute approximate surface area is 203 Å². The van der Waals surface area contributed by atoms with Crippen molar-refractivity contribution in [2.75, 3.05) is 36.5 Å². The summed E-state index contributed by atoms with van der Waals surface area (Å²) >= 11 is 0. The molecule has 9 heteroatoms. The van der Waals surface area contributed by atoms with Crippen LogP contribution in [0.5, 0.6) is 5.88 Å². The van der Waals surface area contributed by atoms with Crippen LogP contribution in [-0.2, 0) is 11.2 Å². The van der Waals surface area contributed by atoms with E-state index in [4.69, 9.17) is 14.5 Å². The molecule has 5 heterocycles. The first kappa shape index (κ1) is 21.8. The number of aliphatic hydroxyl groups is 1. The first-order valence-electron chi connectivity index (χ1n) is 12.0. The van der Waals surface area contributed by atoms with Gasteiger partial charge in [0.15, 0.2) is 11.5 Å². The summed E-state index contributed by atoms with van der Waals surface area (Å²) in [5.74, 6) is 1.40. The lowest BCUT2D eigenvalue weighted by Crippen LogP contribution is -2.47. The minimum Gasteiger partial charge on any atom is -0.477 e. The summed E-state index contributed by atoms with van der Waals surface area (Å²) in [6, 6.07) is 10.3. The Morgan fingerprint density at radius 2 is 2.06 bits per heavy atom.